The zero-order valence-electron chi connectivity index (χ0n) is 19.2. The molecule has 1 aliphatic rings. The quantitative estimate of drug-likeness (QED) is 0.579. The fourth-order valence-electron chi connectivity index (χ4n) is 4.03. The highest BCUT2D eigenvalue weighted by atomic mass is 16.5. The van der Waals surface area contributed by atoms with Gasteiger partial charge in [-0.3, -0.25) is 14.4 Å². The lowest BCUT2D eigenvalue weighted by molar-refractivity contribution is -0.131. The number of hydrogen-bond acceptors (Lipinski definition) is 6. The molecule has 2 heterocycles. The number of carbonyl (C=O) groups is 3. The number of aromatic nitrogens is 2. The molecule has 9 nitrogen and oxygen atoms in total. The normalized spacial score (nSPS) is 15.6. The molecule has 0 saturated carbocycles. The molecule has 9 heteroatoms. The number of nitrogens with one attached hydrogen (secondary N) is 2. The number of anilines is 2. The number of likely N-dealkylation sites (tertiary alicyclic amines) is 1. The summed E-state index contributed by atoms with van der Waals surface area (Å²) in [6.45, 7) is 4.15. The van der Waals surface area contributed by atoms with E-state index >= 15 is 0 Å². The van der Waals surface area contributed by atoms with Gasteiger partial charge in [-0.25, -0.2) is 0 Å². The van der Waals surface area contributed by atoms with Crippen LogP contribution >= 0.6 is 0 Å². The predicted molar refractivity (Wildman–Crippen MR) is 127 cm³/mol. The third kappa shape index (κ3) is 5.86. The van der Waals surface area contributed by atoms with E-state index in [4.69, 9.17) is 4.52 Å². The lowest BCUT2D eigenvalue weighted by Crippen LogP contribution is -2.40. The topological polar surface area (TPSA) is 117 Å². The van der Waals surface area contributed by atoms with Crippen LogP contribution in [0.2, 0.25) is 0 Å². The minimum absolute atomic E-state index is 0.0141. The summed E-state index contributed by atoms with van der Waals surface area (Å²) in [5.74, 6) is 0.776. The first kappa shape index (κ1) is 23.2. The van der Waals surface area contributed by atoms with E-state index in [2.05, 4.69) is 20.8 Å². The molecule has 1 saturated heterocycles. The fraction of sp³-hybridized carbons (Fsp3) is 0.320. The van der Waals surface area contributed by atoms with Crippen LogP contribution in [0.25, 0.3) is 11.4 Å². The van der Waals surface area contributed by atoms with Gasteiger partial charge in [-0.2, -0.15) is 4.98 Å². The van der Waals surface area contributed by atoms with Gasteiger partial charge in [0.1, 0.15) is 0 Å². The van der Waals surface area contributed by atoms with E-state index in [9.17, 15) is 14.4 Å². The summed E-state index contributed by atoms with van der Waals surface area (Å²) in [7, 11) is 0. The molecule has 0 radical (unpaired) electrons. The van der Waals surface area contributed by atoms with Gasteiger partial charge in [0.25, 0.3) is 0 Å². The monoisotopic (exact) mass is 461 g/mol. The van der Waals surface area contributed by atoms with Gasteiger partial charge in [0.05, 0.1) is 12.3 Å². The van der Waals surface area contributed by atoms with Crippen molar-refractivity contribution in [2.75, 3.05) is 23.7 Å². The molecule has 2 N–H and O–H groups in total. The third-order valence-electron chi connectivity index (χ3n) is 5.66. The maximum atomic E-state index is 12.9. The van der Waals surface area contributed by atoms with Crippen LogP contribution in [-0.4, -0.2) is 45.9 Å². The molecule has 0 bridgehead atoms. The van der Waals surface area contributed by atoms with Crippen LogP contribution in [0.1, 0.15) is 44.1 Å². The van der Waals surface area contributed by atoms with Crippen molar-refractivity contribution >= 4 is 29.1 Å². The van der Waals surface area contributed by atoms with Crippen molar-refractivity contribution in [3.05, 3.63) is 60.0 Å². The van der Waals surface area contributed by atoms with Crippen molar-refractivity contribution in [3.63, 3.8) is 0 Å². The van der Waals surface area contributed by atoms with E-state index in [1.165, 1.54) is 13.8 Å². The van der Waals surface area contributed by atoms with Crippen molar-refractivity contribution in [2.45, 2.75) is 39.0 Å². The molecule has 1 aliphatic heterocycles. The van der Waals surface area contributed by atoms with Crippen LogP contribution in [0.5, 0.6) is 0 Å². The molecule has 0 spiro atoms. The zero-order valence-corrected chi connectivity index (χ0v) is 19.2. The Labute approximate surface area is 197 Å². The van der Waals surface area contributed by atoms with Crippen molar-refractivity contribution < 1.29 is 18.9 Å². The zero-order chi connectivity index (χ0) is 24.1. The van der Waals surface area contributed by atoms with Crippen LogP contribution in [0, 0.1) is 0 Å². The van der Waals surface area contributed by atoms with E-state index in [0.29, 0.717) is 42.6 Å². The molecule has 4 rings (SSSR count). The Kier molecular flexibility index (Phi) is 7.01. The van der Waals surface area contributed by atoms with E-state index in [0.717, 1.165) is 24.0 Å². The van der Waals surface area contributed by atoms with Crippen LogP contribution in [0.15, 0.2) is 53.1 Å². The molecule has 2 aromatic carbocycles. The van der Waals surface area contributed by atoms with E-state index < -0.39 is 0 Å². The highest BCUT2D eigenvalue weighted by Crippen LogP contribution is 2.28. The summed E-state index contributed by atoms with van der Waals surface area (Å²) in [5.41, 5.74) is 3.09. The first-order valence-electron chi connectivity index (χ1n) is 11.2. The number of carbonyl (C=O) groups excluding carboxylic acids is 3. The van der Waals surface area contributed by atoms with Gasteiger partial charge >= 0.3 is 0 Å². The summed E-state index contributed by atoms with van der Waals surface area (Å²) in [6.07, 6.45) is 2.03. The Morgan fingerprint density at radius 1 is 0.971 bits per heavy atom. The second-order valence-corrected chi connectivity index (χ2v) is 8.45. The van der Waals surface area contributed by atoms with Crippen LogP contribution < -0.4 is 10.6 Å². The third-order valence-corrected chi connectivity index (χ3v) is 5.66. The largest absolute Gasteiger partial charge is 0.342 e. The molecule has 1 atom stereocenters. The van der Waals surface area contributed by atoms with Gasteiger partial charge in [0.2, 0.25) is 29.4 Å². The number of piperidine rings is 1. The summed E-state index contributed by atoms with van der Waals surface area (Å²) in [5, 5.41) is 9.56. The van der Waals surface area contributed by atoms with Gasteiger partial charge in [-0.15, -0.1) is 0 Å². The number of amides is 3. The lowest BCUT2D eigenvalue weighted by atomic mass is 9.97. The number of benzene rings is 2. The second kappa shape index (κ2) is 10.3. The Morgan fingerprint density at radius 2 is 1.59 bits per heavy atom. The average Bonchev–Trinajstić information content (AvgIpc) is 3.31. The van der Waals surface area contributed by atoms with Crippen molar-refractivity contribution in [3.8, 4) is 11.4 Å². The highest BCUT2D eigenvalue weighted by molar-refractivity contribution is 5.89. The lowest BCUT2D eigenvalue weighted by Gasteiger charge is -2.31. The number of hydrogen-bond donors (Lipinski definition) is 2. The van der Waals surface area contributed by atoms with Gasteiger partial charge in [-0.05, 0) is 54.8 Å². The Morgan fingerprint density at radius 3 is 2.21 bits per heavy atom. The summed E-state index contributed by atoms with van der Waals surface area (Å²) in [6, 6.07) is 14.5. The average molecular weight is 462 g/mol. The van der Waals surface area contributed by atoms with Gasteiger partial charge in [-0.1, -0.05) is 17.3 Å². The molecule has 0 aliphatic carbocycles. The second-order valence-electron chi connectivity index (χ2n) is 8.45. The van der Waals surface area contributed by atoms with Crippen molar-refractivity contribution in [2.24, 2.45) is 0 Å². The SMILES string of the molecule is CC(=O)Nc1ccc(CC(=O)N2CCC[C@H](c3nc(-c4ccc(NC(C)=O)cc4)no3)C2)cc1. The van der Waals surface area contributed by atoms with Gasteiger partial charge in [0, 0.05) is 43.9 Å². The molecule has 0 unspecified atom stereocenters. The number of rotatable bonds is 6. The molecule has 34 heavy (non-hydrogen) atoms. The summed E-state index contributed by atoms with van der Waals surface area (Å²) >= 11 is 0. The Hall–Kier alpha value is -4.01. The maximum Gasteiger partial charge on any atom is 0.231 e. The molecule has 176 valence electrons. The van der Waals surface area contributed by atoms with Crippen molar-refractivity contribution in [1.82, 2.24) is 15.0 Å². The maximum absolute atomic E-state index is 12.9. The van der Waals surface area contributed by atoms with E-state index in [1.807, 2.05) is 29.2 Å². The van der Waals surface area contributed by atoms with Gasteiger partial charge < -0.3 is 20.1 Å². The first-order chi connectivity index (χ1) is 16.4. The standard InChI is InChI=1S/C25H27N5O4/c1-16(31)26-21-9-5-18(6-10-21)14-23(33)30-13-3-4-20(15-30)25-28-24(29-34-25)19-7-11-22(12-8-19)27-17(2)32/h5-12,20H,3-4,13-15H2,1-2H3,(H,26,31)(H,27,32)/t20-/m0/s1. The molecular formula is C25H27N5O4. The Balaban J connectivity index is 1.37. The van der Waals surface area contributed by atoms with Crippen molar-refractivity contribution in [1.29, 1.82) is 0 Å². The van der Waals surface area contributed by atoms with Gasteiger partial charge in [0.15, 0.2) is 0 Å². The molecule has 1 fully saturated rings. The summed E-state index contributed by atoms with van der Waals surface area (Å²) < 4.78 is 5.54. The van der Waals surface area contributed by atoms with E-state index in [1.54, 1.807) is 24.3 Å². The molecule has 1 aromatic heterocycles. The highest BCUT2D eigenvalue weighted by Gasteiger charge is 2.28. The smallest absolute Gasteiger partial charge is 0.231 e. The number of nitrogens with zero attached hydrogens (tertiary/aromatic N) is 3. The molecule has 3 aromatic rings. The molecule has 3 amide bonds. The predicted octanol–water partition coefficient (Wildman–Crippen LogP) is 3.60. The van der Waals surface area contributed by atoms with Crippen LogP contribution in [-0.2, 0) is 20.8 Å². The van der Waals surface area contributed by atoms with Crippen LogP contribution in [0.4, 0.5) is 11.4 Å². The van der Waals surface area contributed by atoms with Crippen LogP contribution in [0.3, 0.4) is 0 Å². The molecular weight excluding hydrogens is 434 g/mol. The van der Waals surface area contributed by atoms with E-state index in [-0.39, 0.29) is 23.6 Å². The minimum Gasteiger partial charge on any atom is -0.342 e. The summed E-state index contributed by atoms with van der Waals surface area (Å²) in [4.78, 5) is 41.7. The Bertz CT molecular complexity index is 1170. The minimum atomic E-state index is -0.131. The first-order valence-corrected chi connectivity index (χ1v) is 11.2. The fourth-order valence-corrected chi connectivity index (χ4v) is 4.03.